The maximum absolute atomic E-state index is 4.96. The van der Waals surface area contributed by atoms with Gasteiger partial charge < -0.3 is 4.90 Å². The van der Waals surface area contributed by atoms with Gasteiger partial charge in [-0.3, -0.25) is 9.30 Å². The lowest BCUT2D eigenvalue weighted by Crippen LogP contribution is -2.51. The number of hydrogen-bond donors (Lipinski definition) is 0. The van der Waals surface area contributed by atoms with Crippen LogP contribution in [-0.2, 0) is 0 Å². The summed E-state index contributed by atoms with van der Waals surface area (Å²) in [5, 5.41) is 8.77. The number of piperazine rings is 1. The van der Waals surface area contributed by atoms with Crippen molar-refractivity contribution in [1.82, 2.24) is 24.5 Å². The van der Waals surface area contributed by atoms with E-state index in [1.165, 1.54) is 32.1 Å². The maximum atomic E-state index is 4.96. The Morgan fingerprint density at radius 2 is 1.69 bits per heavy atom. The third kappa shape index (κ3) is 2.63. The highest BCUT2D eigenvalue weighted by atomic mass is 15.3. The molecule has 6 nitrogen and oxygen atoms in total. The molecule has 26 heavy (non-hydrogen) atoms. The van der Waals surface area contributed by atoms with E-state index in [0.717, 1.165) is 60.5 Å². The summed E-state index contributed by atoms with van der Waals surface area (Å²) in [5.41, 5.74) is 2.97. The van der Waals surface area contributed by atoms with Crippen LogP contribution < -0.4 is 4.90 Å². The minimum absolute atomic E-state index is 0.797. The van der Waals surface area contributed by atoms with Crippen LogP contribution in [0.2, 0.25) is 0 Å². The number of fused-ring (bicyclic) bond motifs is 3. The Morgan fingerprint density at radius 1 is 0.923 bits per heavy atom. The summed E-state index contributed by atoms with van der Waals surface area (Å²) in [6.45, 7) is 6.29. The van der Waals surface area contributed by atoms with Gasteiger partial charge in [-0.05, 0) is 31.9 Å². The number of aromatic nitrogens is 4. The van der Waals surface area contributed by atoms with E-state index in [1.54, 1.807) is 0 Å². The number of rotatable bonds is 2. The molecule has 0 radical (unpaired) electrons. The first-order chi connectivity index (χ1) is 12.8. The summed E-state index contributed by atoms with van der Waals surface area (Å²) < 4.78 is 2.14. The Bertz CT molecular complexity index is 919. The van der Waals surface area contributed by atoms with Crippen molar-refractivity contribution < 1.29 is 0 Å². The third-order valence-electron chi connectivity index (χ3n) is 6.08. The number of anilines is 1. The summed E-state index contributed by atoms with van der Waals surface area (Å²) in [7, 11) is 0. The van der Waals surface area contributed by atoms with E-state index in [-0.39, 0.29) is 0 Å². The standard InChI is InChI=1S/C20H26N6/c1-15-22-23-20-19(21-17-9-5-6-10-18(17)26(15)20)25-13-11-24(12-14-25)16-7-3-2-4-8-16/h5-6,9-10,16H,2-4,7-8,11-14H2,1H3. The quantitative estimate of drug-likeness (QED) is 0.711. The number of para-hydroxylation sites is 2. The Balaban J connectivity index is 1.46. The molecule has 136 valence electrons. The SMILES string of the molecule is Cc1nnc2c(N3CCN(C4CCCCC4)CC3)nc3ccccc3n12. The molecule has 5 rings (SSSR count). The van der Waals surface area contributed by atoms with Gasteiger partial charge in [-0.25, -0.2) is 4.98 Å². The molecule has 0 N–H and O–H groups in total. The van der Waals surface area contributed by atoms with Gasteiger partial charge in [0.1, 0.15) is 5.82 Å². The van der Waals surface area contributed by atoms with E-state index in [2.05, 4.69) is 36.5 Å². The van der Waals surface area contributed by atoms with Crippen molar-refractivity contribution in [2.75, 3.05) is 31.1 Å². The van der Waals surface area contributed by atoms with Crippen molar-refractivity contribution in [3.8, 4) is 0 Å². The molecule has 1 aliphatic heterocycles. The van der Waals surface area contributed by atoms with E-state index in [4.69, 9.17) is 4.98 Å². The van der Waals surface area contributed by atoms with Gasteiger partial charge in [0.25, 0.3) is 0 Å². The molecule has 1 saturated heterocycles. The molecule has 1 aromatic carbocycles. The largest absolute Gasteiger partial charge is 0.351 e. The average Bonchev–Trinajstić information content (AvgIpc) is 3.10. The molecule has 2 aromatic heterocycles. The molecule has 6 heteroatoms. The number of hydrogen-bond acceptors (Lipinski definition) is 5. The molecular weight excluding hydrogens is 324 g/mol. The molecular formula is C20H26N6. The highest BCUT2D eigenvalue weighted by Crippen LogP contribution is 2.27. The lowest BCUT2D eigenvalue weighted by atomic mass is 9.94. The van der Waals surface area contributed by atoms with Crippen LogP contribution in [0.15, 0.2) is 24.3 Å². The molecule has 0 amide bonds. The van der Waals surface area contributed by atoms with Crippen molar-refractivity contribution >= 4 is 22.5 Å². The van der Waals surface area contributed by atoms with E-state index in [0.29, 0.717) is 0 Å². The molecule has 0 atom stereocenters. The fourth-order valence-corrected chi connectivity index (χ4v) is 4.66. The number of aryl methyl sites for hydroxylation is 1. The first-order valence-electron chi connectivity index (χ1n) is 9.91. The Hall–Kier alpha value is -2.21. The predicted molar refractivity (Wildman–Crippen MR) is 104 cm³/mol. The van der Waals surface area contributed by atoms with Crippen LogP contribution in [0.5, 0.6) is 0 Å². The van der Waals surface area contributed by atoms with E-state index in [9.17, 15) is 0 Å². The zero-order valence-corrected chi connectivity index (χ0v) is 15.4. The van der Waals surface area contributed by atoms with E-state index < -0.39 is 0 Å². The van der Waals surface area contributed by atoms with Crippen LogP contribution in [0, 0.1) is 6.92 Å². The van der Waals surface area contributed by atoms with Crippen molar-refractivity contribution in [3.63, 3.8) is 0 Å². The summed E-state index contributed by atoms with van der Waals surface area (Å²) in [4.78, 5) is 10.1. The van der Waals surface area contributed by atoms with Crippen LogP contribution in [0.4, 0.5) is 5.82 Å². The van der Waals surface area contributed by atoms with Gasteiger partial charge in [0.2, 0.25) is 5.65 Å². The van der Waals surface area contributed by atoms with Gasteiger partial charge in [0, 0.05) is 32.2 Å². The first kappa shape index (κ1) is 16.0. The summed E-state index contributed by atoms with van der Waals surface area (Å²) in [5.74, 6) is 1.90. The van der Waals surface area contributed by atoms with Crippen LogP contribution >= 0.6 is 0 Å². The van der Waals surface area contributed by atoms with Gasteiger partial charge in [0.05, 0.1) is 11.0 Å². The summed E-state index contributed by atoms with van der Waals surface area (Å²) in [6, 6.07) is 9.06. The van der Waals surface area contributed by atoms with Crippen molar-refractivity contribution in [1.29, 1.82) is 0 Å². The molecule has 2 fully saturated rings. The zero-order valence-electron chi connectivity index (χ0n) is 15.4. The molecule has 3 aromatic rings. The Labute approximate surface area is 153 Å². The molecule has 0 spiro atoms. The van der Waals surface area contributed by atoms with E-state index >= 15 is 0 Å². The second-order valence-electron chi connectivity index (χ2n) is 7.65. The monoisotopic (exact) mass is 350 g/mol. The fourth-order valence-electron chi connectivity index (χ4n) is 4.66. The maximum Gasteiger partial charge on any atom is 0.204 e. The summed E-state index contributed by atoms with van der Waals surface area (Å²) in [6.07, 6.45) is 6.97. The average molecular weight is 350 g/mol. The highest BCUT2D eigenvalue weighted by molar-refractivity contribution is 5.83. The van der Waals surface area contributed by atoms with Crippen LogP contribution in [-0.4, -0.2) is 56.7 Å². The van der Waals surface area contributed by atoms with Gasteiger partial charge in [0.15, 0.2) is 5.82 Å². The van der Waals surface area contributed by atoms with Crippen LogP contribution in [0.3, 0.4) is 0 Å². The molecule has 1 saturated carbocycles. The van der Waals surface area contributed by atoms with Crippen LogP contribution in [0.1, 0.15) is 37.9 Å². The second kappa shape index (κ2) is 6.50. The predicted octanol–water partition coefficient (Wildman–Crippen LogP) is 3.04. The second-order valence-corrected chi connectivity index (χ2v) is 7.65. The lowest BCUT2D eigenvalue weighted by molar-refractivity contribution is 0.148. The molecule has 1 aliphatic carbocycles. The minimum Gasteiger partial charge on any atom is -0.351 e. The van der Waals surface area contributed by atoms with Crippen molar-refractivity contribution in [2.45, 2.75) is 45.1 Å². The Morgan fingerprint density at radius 3 is 2.50 bits per heavy atom. The summed E-state index contributed by atoms with van der Waals surface area (Å²) >= 11 is 0. The minimum atomic E-state index is 0.797. The topological polar surface area (TPSA) is 49.6 Å². The zero-order chi connectivity index (χ0) is 17.5. The molecule has 2 aliphatic rings. The Kier molecular flexibility index (Phi) is 4.00. The lowest BCUT2D eigenvalue weighted by Gasteiger charge is -2.41. The highest BCUT2D eigenvalue weighted by Gasteiger charge is 2.27. The van der Waals surface area contributed by atoms with Gasteiger partial charge >= 0.3 is 0 Å². The van der Waals surface area contributed by atoms with Crippen LogP contribution in [0.25, 0.3) is 16.7 Å². The third-order valence-corrected chi connectivity index (χ3v) is 6.08. The molecule has 3 heterocycles. The van der Waals surface area contributed by atoms with Gasteiger partial charge in [-0.15, -0.1) is 10.2 Å². The fraction of sp³-hybridized carbons (Fsp3) is 0.550. The number of nitrogens with zero attached hydrogens (tertiary/aromatic N) is 6. The van der Waals surface area contributed by atoms with Crippen molar-refractivity contribution in [3.05, 3.63) is 30.1 Å². The smallest absolute Gasteiger partial charge is 0.204 e. The van der Waals surface area contributed by atoms with Gasteiger partial charge in [-0.1, -0.05) is 31.4 Å². The molecule has 0 unspecified atom stereocenters. The first-order valence-corrected chi connectivity index (χ1v) is 9.91. The van der Waals surface area contributed by atoms with Gasteiger partial charge in [-0.2, -0.15) is 0 Å². The molecule has 0 bridgehead atoms. The number of benzene rings is 1. The normalized spacial score (nSPS) is 20.3. The van der Waals surface area contributed by atoms with Crippen molar-refractivity contribution in [2.24, 2.45) is 0 Å². The van der Waals surface area contributed by atoms with E-state index in [1.807, 2.05) is 19.1 Å².